The monoisotopic (exact) mass is 419 g/mol. The lowest BCUT2D eigenvalue weighted by Crippen LogP contribution is -2.56. The summed E-state index contributed by atoms with van der Waals surface area (Å²) in [6, 6.07) is 5.19. The Kier molecular flexibility index (Phi) is 5.75. The zero-order valence-electron chi connectivity index (χ0n) is 16.9. The van der Waals surface area contributed by atoms with E-state index in [1.165, 1.54) is 37.6 Å². The molecular weight excluding hydrogens is 392 g/mol. The van der Waals surface area contributed by atoms with Crippen molar-refractivity contribution in [3.05, 3.63) is 29.8 Å². The predicted octanol–water partition coefficient (Wildman–Crippen LogP) is 3.46. The van der Waals surface area contributed by atoms with Crippen molar-refractivity contribution >= 4 is 18.0 Å². The minimum atomic E-state index is -2.88. The Morgan fingerprint density at radius 2 is 1.67 bits per heavy atom. The largest absolute Gasteiger partial charge is 0.435 e. The third-order valence-electron chi connectivity index (χ3n) is 6.75. The fraction of sp³-hybridized carbons (Fsp3) is 0.591. The van der Waals surface area contributed by atoms with E-state index in [0.29, 0.717) is 23.3 Å². The molecule has 2 N–H and O–H groups in total. The van der Waals surface area contributed by atoms with Gasteiger partial charge in [0.15, 0.2) is 0 Å². The molecule has 0 aromatic heterocycles. The highest BCUT2D eigenvalue weighted by atomic mass is 19.3. The minimum absolute atomic E-state index is 0.00264. The summed E-state index contributed by atoms with van der Waals surface area (Å²) in [6.45, 7) is -1.22. The molecule has 4 bridgehead atoms. The smallest absolute Gasteiger partial charge is 0.387 e. The van der Waals surface area contributed by atoms with Crippen LogP contribution in [0.25, 0.3) is 0 Å². The molecule has 2 amide bonds. The quantitative estimate of drug-likeness (QED) is 0.525. The van der Waals surface area contributed by atoms with Crippen LogP contribution in [-0.4, -0.2) is 30.7 Å². The van der Waals surface area contributed by atoms with Crippen LogP contribution in [0.1, 0.15) is 51.0 Å². The molecule has 0 spiro atoms. The van der Waals surface area contributed by atoms with Gasteiger partial charge in [-0.3, -0.25) is 9.59 Å². The normalized spacial score (nSPS) is 30.5. The van der Waals surface area contributed by atoms with Crippen molar-refractivity contribution in [3.63, 3.8) is 0 Å². The van der Waals surface area contributed by atoms with E-state index in [0.717, 1.165) is 19.3 Å². The average Bonchev–Trinajstić information content (AvgIpc) is 2.67. The summed E-state index contributed by atoms with van der Waals surface area (Å²) >= 11 is 0. The van der Waals surface area contributed by atoms with E-state index >= 15 is 0 Å². The number of rotatable bonds is 7. The van der Waals surface area contributed by atoms with Crippen LogP contribution >= 0.6 is 0 Å². The van der Waals surface area contributed by atoms with Crippen molar-refractivity contribution in [2.24, 2.45) is 28.3 Å². The SMILES string of the molecule is C[C@H](NC(=O)C12CC3CC(CC(C3)C1)C2)C(=O)N/N=C\c1ccc(OC(F)F)cc1. The number of carbonyl (C=O) groups excluding carboxylic acids is 2. The van der Waals surface area contributed by atoms with Crippen LogP contribution in [-0.2, 0) is 9.59 Å². The maximum Gasteiger partial charge on any atom is 0.387 e. The van der Waals surface area contributed by atoms with Crippen molar-refractivity contribution in [3.8, 4) is 5.75 Å². The second-order valence-electron chi connectivity index (χ2n) is 9.07. The molecule has 0 saturated heterocycles. The number of hydrogen-bond acceptors (Lipinski definition) is 4. The van der Waals surface area contributed by atoms with Gasteiger partial charge in [0.1, 0.15) is 11.8 Å². The lowest BCUT2D eigenvalue weighted by atomic mass is 9.49. The molecule has 4 saturated carbocycles. The van der Waals surface area contributed by atoms with Gasteiger partial charge in [-0.25, -0.2) is 5.43 Å². The number of amides is 2. The van der Waals surface area contributed by atoms with Gasteiger partial charge in [0.05, 0.1) is 6.21 Å². The molecule has 4 aliphatic rings. The van der Waals surface area contributed by atoms with Gasteiger partial charge in [-0.05, 0) is 93.0 Å². The first-order chi connectivity index (χ1) is 14.3. The van der Waals surface area contributed by atoms with Crippen LogP contribution in [0.5, 0.6) is 5.75 Å². The Hall–Kier alpha value is -2.51. The molecule has 1 aromatic rings. The van der Waals surface area contributed by atoms with Gasteiger partial charge in [-0.15, -0.1) is 0 Å². The lowest BCUT2D eigenvalue weighted by Gasteiger charge is -2.55. The maximum absolute atomic E-state index is 13.0. The summed E-state index contributed by atoms with van der Waals surface area (Å²) in [5, 5.41) is 6.79. The first-order valence-corrected chi connectivity index (χ1v) is 10.5. The average molecular weight is 419 g/mol. The first kappa shape index (κ1) is 20.8. The van der Waals surface area contributed by atoms with Gasteiger partial charge < -0.3 is 10.1 Å². The molecule has 5 rings (SSSR count). The number of nitrogens with one attached hydrogen (secondary N) is 2. The third-order valence-corrected chi connectivity index (χ3v) is 6.75. The predicted molar refractivity (Wildman–Crippen MR) is 107 cm³/mol. The molecule has 0 heterocycles. The second kappa shape index (κ2) is 8.32. The van der Waals surface area contributed by atoms with Crippen LogP contribution in [0.15, 0.2) is 29.4 Å². The topological polar surface area (TPSA) is 79.8 Å². The van der Waals surface area contributed by atoms with E-state index in [-0.39, 0.29) is 17.1 Å². The molecule has 1 aromatic carbocycles. The Labute approximate surface area is 174 Å². The highest BCUT2D eigenvalue weighted by Gasteiger charge is 2.54. The van der Waals surface area contributed by atoms with Gasteiger partial charge >= 0.3 is 6.61 Å². The number of ether oxygens (including phenoxy) is 1. The standard InChI is InChI=1S/C22H27F2N3O3/c1-13(19(28)27-25-12-14-2-4-18(5-3-14)30-21(23)24)26-20(29)22-9-15-6-16(10-22)8-17(7-15)11-22/h2-5,12-13,15-17,21H,6-11H2,1H3,(H,26,29)(H,27,28)/b25-12-/t13-,15?,16?,17?,22?/m0/s1. The number of hydrogen-bond donors (Lipinski definition) is 2. The van der Waals surface area contributed by atoms with Crippen LogP contribution in [0.3, 0.4) is 0 Å². The number of nitrogens with zero attached hydrogens (tertiary/aromatic N) is 1. The molecular formula is C22H27F2N3O3. The number of carbonyl (C=O) groups is 2. The molecule has 4 aliphatic carbocycles. The summed E-state index contributed by atoms with van der Waals surface area (Å²) in [6.07, 6.45) is 8.01. The molecule has 30 heavy (non-hydrogen) atoms. The van der Waals surface area contributed by atoms with Crippen molar-refractivity contribution in [2.75, 3.05) is 0 Å². The molecule has 8 heteroatoms. The van der Waals surface area contributed by atoms with Gasteiger partial charge in [-0.2, -0.15) is 13.9 Å². The molecule has 162 valence electrons. The summed E-state index contributed by atoms with van der Waals surface area (Å²) in [7, 11) is 0. The Morgan fingerprint density at radius 1 is 1.10 bits per heavy atom. The molecule has 6 nitrogen and oxygen atoms in total. The lowest BCUT2D eigenvalue weighted by molar-refractivity contribution is -0.148. The zero-order chi connectivity index (χ0) is 21.3. The highest BCUT2D eigenvalue weighted by molar-refractivity contribution is 5.90. The van der Waals surface area contributed by atoms with E-state index in [1.807, 2.05) is 0 Å². The van der Waals surface area contributed by atoms with E-state index in [9.17, 15) is 18.4 Å². The van der Waals surface area contributed by atoms with Crippen molar-refractivity contribution in [1.29, 1.82) is 0 Å². The Bertz CT molecular complexity index is 790. The summed E-state index contributed by atoms with van der Waals surface area (Å²) in [5.41, 5.74) is 2.74. The van der Waals surface area contributed by atoms with Crippen molar-refractivity contribution in [2.45, 2.75) is 58.1 Å². The molecule has 1 atom stereocenters. The number of alkyl halides is 2. The van der Waals surface area contributed by atoms with Gasteiger partial charge in [0, 0.05) is 5.41 Å². The van der Waals surface area contributed by atoms with Crippen molar-refractivity contribution in [1.82, 2.24) is 10.7 Å². The minimum Gasteiger partial charge on any atom is -0.435 e. The molecule has 4 fully saturated rings. The van der Waals surface area contributed by atoms with E-state index < -0.39 is 18.6 Å². The summed E-state index contributed by atoms with van der Waals surface area (Å²) < 4.78 is 28.6. The molecule has 0 aliphatic heterocycles. The fourth-order valence-electron chi connectivity index (χ4n) is 5.81. The number of benzene rings is 1. The zero-order valence-corrected chi connectivity index (χ0v) is 16.9. The summed E-state index contributed by atoms with van der Waals surface area (Å²) in [4.78, 5) is 25.3. The van der Waals surface area contributed by atoms with Crippen LogP contribution in [0.4, 0.5) is 8.78 Å². The maximum atomic E-state index is 13.0. The first-order valence-electron chi connectivity index (χ1n) is 10.5. The second-order valence-corrected chi connectivity index (χ2v) is 9.07. The van der Waals surface area contributed by atoms with Crippen LogP contribution < -0.4 is 15.5 Å². The van der Waals surface area contributed by atoms with Crippen LogP contribution in [0, 0.1) is 23.2 Å². The highest BCUT2D eigenvalue weighted by Crippen LogP contribution is 2.60. The Balaban J connectivity index is 1.28. The van der Waals surface area contributed by atoms with Crippen LogP contribution in [0.2, 0.25) is 0 Å². The molecule has 0 unspecified atom stereocenters. The molecule has 0 radical (unpaired) electrons. The number of hydrazone groups is 1. The number of halogens is 2. The third kappa shape index (κ3) is 4.47. The van der Waals surface area contributed by atoms with E-state index in [1.54, 1.807) is 19.1 Å². The van der Waals surface area contributed by atoms with Gasteiger partial charge in [0.25, 0.3) is 5.91 Å². The van der Waals surface area contributed by atoms with Crippen molar-refractivity contribution < 1.29 is 23.1 Å². The Morgan fingerprint density at radius 3 is 2.20 bits per heavy atom. The van der Waals surface area contributed by atoms with E-state index in [4.69, 9.17) is 0 Å². The fourth-order valence-corrected chi connectivity index (χ4v) is 5.81. The van der Waals surface area contributed by atoms with Gasteiger partial charge in [-0.1, -0.05) is 0 Å². The van der Waals surface area contributed by atoms with Gasteiger partial charge in [0.2, 0.25) is 5.91 Å². The summed E-state index contributed by atoms with van der Waals surface area (Å²) in [5.74, 6) is 1.63. The van der Waals surface area contributed by atoms with E-state index in [2.05, 4.69) is 20.6 Å².